The summed E-state index contributed by atoms with van der Waals surface area (Å²) in [6.07, 6.45) is 3.79. The average Bonchev–Trinajstić information content (AvgIpc) is 3.20. The van der Waals surface area contributed by atoms with E-state index in [2.05, 4.69) is 53.0 Å². The lowest BCUT2D eigenvalue weighted by Crippen LogP contribution is -2.35. The molecule has 5 heteroatoms. The lowest BCUT2D eigenvalue weighted by molar-refractivity contribution is -0.0264. The first-order chi connectivity index (χ1) is 14.7. The van der Waals surface area contributed by atoms with Gasteiger partial charge in [0.15, 0.2) is 0 Å². The Labute approximate surface area is 178 Å². The van der Waals surface area contributed by atoms with E-state index in [1.165, 1.54) is 0 Å². The van der Waals surface area contributed by atoms with E-state index in [4.69, 9.17) is 15.5 Å². The number of hydrogen-bond acceptors (Lipinski definition) is 4. The van der Waals surface area contributed by atoms with Crippen LogP contribution in [0.2, 0.25) is 0 Å². The van der Waals surface area contributed by atoms with Crippen molar-refractivity contribution in [2.45, 2.75) is 37.9 Å². The molecule has 3 aromatic rings. The first-order valence-corrected chi connectivity index (χ1v) is 10.8. The van der Waals surface area contributed by atoms with Crippen LogP contribution in [0.15, 0.2) is 48.5 Å². The van der Waals surface area contributed by atoms with Crippen molar-refractivity contribution in [1.29, 1.82) is 0 Å². The molecule has 3 N–H and O–H groups in total. The number of fused-ring (bicyclic) bond motifs is 1. The Hall–Kier alpha value is -2.65. The van der Waals surface area contributed by atoms with E-state index in [1.807, 2.05) is 24.3 Å². The summed E-state index contributed by atoms with van der Waals surface area (Å²) in [6, 6.07) is 16.4. The molecule has 0 bridgehead atoms. The highest BCUT2D eigenvalue weighted by atomic mass is 16.5. The summed E-state index contributed by atoms with van der Waals surface area (Å²) in [5.41, 5.74) is 9.64. The second kappa shape index (κ2) is 9.90. The number of benzene rings is 2. The molecule has 156 valence electrons. The van der Waals surface area contributed by atoms with E-state index in [0.29, 0.717) is 6.54 Å². The van der Waals surface area contributed by atoms with Crippen molar-refractivity contribution >= 4 is 11.0 Å². The van der Waals surface area contributed by atoms with Crippen LogP contribution in [0.5, 0.6) is 0 Å². The highest BCUT2D eigenvalue weighted by molar-refractivity contribution is 5.74. The molecular formula is C25H30N4O. The molecular weight excluding hydrogens is 372 g/mol. The number of imidazole rings is 1. The molecule has 30 heavy (non-hydrogen) atoms. The maximum absolute atomic E-state index is 6.65. The van der Waals surface area contributed by atoms with Gasteiger partial charge in [0, 0.05) is 25.1 Å². The largest absolute Gasteiger partial charge is 0.362 e. The molecule has 0 amide bonds. The fourth-order valence-electron chi connectivity index (χ4n) is 3.85. The maximum Gasteiger partial charge on any atom is 0.141 e. The highest BCUT2D eigenvalue weighted by Crippen LogP contribution is 2.30. The van der Waals surface area contributed by atoms with Gasteiger partial charge in [0.2, 0.25) is 0 Å². The van der Waals surface area contributed by atoms with Gasteiger partial charge >= 0.3 is 0 Å². The van der Waals surface area contributed by atoms with Crippen molar-refractivity contribution in [3.05, 3.63) is 65.5 Å². The summed E-state index contributed by atoms with van der Waals surface area (Å²) >= 11 is 0. The van der Waals surface area contributed by atoms with Crippen molar-refractivity contribution in [2.24, 2.45) is 5.73 Å². The van der Waals surface area contributed by atoms with Gasteiger partial charge in [-0.1, -0.05) is 36.1 Å². The maximum atomic E-state index is 6.65. The zero-order valence-corrected chi connectivity index (χ0v) is 17.6. The van der Waals surface area contributed by atoms with E-state index in [0.717, 1.165) is 66.8 Å². The molecule has 1 aliphatic heterocycles. The zero-order chi connectivity index (χ0) is 20.8. The third-order valence-electron chi connectivity index (χ3n) is 5.58. The number of nitrogens with one attached hydrogen (secondary N) is 1. The number of rotatable bonds is 6. The summed E-state index contributed by atoms with van der Waals surface area (Å²) in [4.78, 5) is 10.7. The summed E-state index contributed by atoms with van der Waals surface area (Å²) in [5, 5.41) is 0. The van der Waals surface area contributed by atoms with Crippen LogP contribution in [0.3, 0.4) is 0 Å². The number of piperidine rings is 1. The van der Waals surface area contributed by atoms with Crippen molar-refractivity contribution in [3.63, 3.8) is 0 Å². The van der Waals surface area contributed by atoms with Gasteiger partial charge in [0.05, 0.1) is 17.1 Å². The SMILES string of the molecule is CN1CCC(OC(c2cccc(C#CCCCN)c2)c2nc3ccccc3[nH]2)CC1. The van der Waals surface area contributed by atoms with Gasteiger partial charge in [-0.3, -0.25) is 0 Å². The standard InChI is InChI=1S/C25H30N4O/c1-29-16-13-21(14-17-29)30-24(25-27-22-11-4-5-12-23(22)28-25)20-10-7-9-19(18-20)8-3-2-6-15-26/h4-5,7,9-12,18,21,24H,2,6,13-17,26H2,1H3,(H,27,28). The number of para-hydroxylation sites is 2. The normalized spacial score (nSPS) is 16.3. The van der Waals surface area contributed by atoms with Crippen molar-refractivity contribution in [3.8, 4) is 11.8 Å². The van der Waals surface area contributed by atoms with Gasteiger partial charge in [0.25, 0.3) is 0 Å². The number of unbranched alkanes of at least 4 members (excludes halogenated alkanes) is 1. The van der Waals surface area contributed by atoms with Gasteiger partial charge in [-0.15, -0.1) is 0 Å². The molecule has 5 nitrogen and oxygen atoms in total. The van der Waals surface area contributed by atoms with Crippen LogP contribution in [-0.2, 0) is 4.74 Å². The fourth-order valence-corrected chi connectivity index (χ4v) is 3.85. The van der Waals surface area contributed by atoms with E-state index in [1.54, 1.807) is 0 Å². The minimum Gasteiger partial charge on any atom is -0.362 e. The molecule has 1 aliphatic rings. The van der Waals surface area contributed by atoms with Crippen LogP contribution in [0, 0.1) is 11.8 Å². The number of aromatic amines is 1. The smallest absolute Gasteiger partial charge is 0.141 e. The predicted molar refractivity (Wildman–Crippen MR) is 121 cm³/mol. The van der Waals surface area contributed by atoms with E-state index in [-0.39, 0.29) is 12.2 Å². The molecule has 0 aliphatic carbocycles. The molecule has 0 radical (unpaired) electrons. The monoisotopic (exact) mass is 402 g/mol. The minimum atomic E-state index is -0.239. The van der Waals surface area contributed by atoms with Crippen LogP contribution in [0.4, 0.5) is 0 Å². The van der Waals surface area contributed by atoms with Crippen LogP contribution >= 0.6 is 0 Å². The Balaban J connectivity index is 1.63. The molecule has 0 spiro atoms. The van der Waals surface area contributed by atoms with Crippen LogP contribution < -0.4 is 5.73 Å². The summed E-state index contributed by atoms with van der Waals surface area (Å²) in [5.74, 6) is 7.33. The van der Waals surface area contributed by atoms with Gasteiger partial charge in [-0.2, -0.15) is 0 Å². The Kier molecular flexibility index (Phi) is 6.81. The summed E-state index contributed by atoms with van der Waals surface area (Å²) in [7, 11) is 2.17. The van der Waals surface area contributed by atoms with Gasteiger partial charge in [0.1, 0.15) is 11.9 Å². The van der Waals surface area contributed by atoms with Gasteiger partial charge < -0.3 is 20.4 Å². The van der Waals surface area contributed by atoms with Gasteiger partial charge in [-0.25, -0.2) is 4.98 Å². The zero-order valence-electron chi connectivity index (χ0n) is 17.6. The molecule has 4 rings (SSSR count). The average molecular weight is 403 g/mol. The third-order valence-corrected chi connectivity index (χ3v) is 5.58. The summed E-state index contributed by atoms with van der Waals surface area (Å²) in [6.45, 7) is 2.79. The number of nitrogens with zero attached hydrogens (tertiary/aromatic N) is 2. The molecule has 0 saturated carbocycles. The number of nitrogens with two attached hydrogens (primary N) is 1. The first kappa shape index (κ1) is 20.6. The lowest BCUT2D eigenvalue weighted by atomic mass is 10.0. The molecule has 2 heterocycles. The van der Waals surface area contributed by atoms with Crippen molar-refractivity contribution in [1.82, 2.24) is 14.9 Å². The van der Waals surface area contributed by atoms with Crippen LogP contribution in [0.25, 0.3) is 11.0 Å². The third kappa shape index (κ3) is 5.09. The number of aromatic nitrogens is 2. The van der Waals surface area contributed by atoms with Gasteiger partial charge in [-0.05, 0) is 62.7 Å². The van der Waals surface area contributed by atoms with Crippen LogP contribution in [0.1, 0.15) is 48.7 Å². The van der Waals surface area contributed by atoms with Crippen molar-refractivity contribution < 1.29 is 4.74 Å². The Morgan fingerprint density at radius 3 is 2.83 bits per heavy atom. The molecule has 1 fully saturated rings. The minimum absolute atomic E-state index is 0.221. The number of hydrogen-bond donors (Lipinski definition) is 2. The number of H-pyrrole nitrogens is 1. The second-order valence-electron chi connectivity index (χ2n) is 7.98. The number of likely N-dealkylation sites (tertiary alicyclic amines) is 1. The molecule has 1 unspecified atom stereocenters. The fraction of sp³-hybridized carbons (Fsp3) is 0.400. The molecule has 1 saturated heterocycles. The van der Waals surface area contributed by atoms with E-state index in [9.17, 15) is 0 Å². The summed E-state index contributed by atoms with van der Waals surface area (Å²) < 4.78 is 6.65. The van der Waals surface area contributed by atoms with E-state index < -0.39 is 0 Å². The molecule has 2 aromatic carbocycles. The molecule has 1 aromatic heterocycles. The lowest BCUT2D eigenvalue weighted by Gasteiger charge is -2.31. The molecule has 1 atom stereocenters. The number of ether oxygens (including phenoxy) is 1. The highest BCUT2D eigenvalue weighted by Gasteiger charge is 2.26. The Morgan fingerprint density at radius 2 is 2.03 bits per heavy atom. The first-order valence-electron chi connectivity index (χ1n) is 10.8. The predicted octanol–water partition coefficient (Wildman–Crippen LogP) is 3.85. The second-order valence-corrected chi connectivity index (χ2v) is 7.98. The topological polar surface area (TPSA) is 67.2 Å². The quantitative estimate of drug-likeness (QED) is 0.485. The Morgan fingerprint density at radius 1 is 1.20 bits per heavy atom. The Bertz CT molecular complexity index is 991. The van der Waals surface area contributed by atoms with Crippen molar-refractivity contribution in [2.75, 3.05) is 26.7 Å². The van der Waals surface area contributed by atoms with Crippen LogP contribution in [-0.4, -0.2) is 47.7 Å². The van der Waals surface area contributed by atoms with E-state index >= 15 is 0 Å².